The molecule has 0 unspecified atom stereocenters. The number of nitrogens with zero attached hydrogens (tertiary/aromatic N) is 1. The van der Waals surface area contributed by atoms with Crippen LogP contribution < -0.4 is 5.32 Å². The van der Waals surface area contributed by atoms with Crippen LogP contribution in [0.1, 0.15) is 38.4 Å². The monoisotopic (exact) mass is 390 g/mol. The highest BCUT2D eigenvalue weighted by Crippen LogP contribution is 2.31. The second-order valence-electron chi connectivity index (χ2n) is 6.84. The van der Waals surface area contributed by atoms with Crippen molar-refractivity contribution in [2.24, 2.45) is 0 Å². The fourth-order valence-corrected chi connectivity index (χ4v) is 3.56. The van der Waals surface area contributed by atoms with Gasteiger partial charge in [0.1, 0.15) is 0 Å². The van der Waals surface area contributed by atoms with Crippen molar-refractivity contribution in [3.63, 3.8) is 0 Å². The minimum Gasteiger partial charge on any atom is -0.478 e. The van der Waals surface area contributed by atoms with Gasteiger partial charge in [0.05, 0.1) is 11.3 Å². The second-order valence-corrected chi connectivity index (χ2v) is 6.84. The third kappa shape index (κ3) is 4.27. The maximum Gasteiger partial charge on any atom is 0.335 e. The predicted molar refractivity (Wildman–Crippen MR) is 110 cm³/mol. The standard InChI is InChI=1S/C23H22N2O4/c1-15-20(12-18-10-6-7-11-19(18)23(28)29)22(24-21(27)14-26)16(2)25(15)13-17-8-4-3-5-9-17/h3-11,14H,12-13H2,1-2H3,(H,24,27)(H,28,29). The summed E-state index contributed by atoms with van der Waals surface area (Å²) < 4.78 is 2.06. The number of hydrogen-bond acceptors (Lipinski definition) is 3. The van der Waals surface area contributed by atoms with Crippen LogP contribution in [0.25, 0.3) is 0 Å². The van der Waals surface area contributed by atoms with E-state index in [0.717, 1.165) is 22.5 Å². The molecule has 0 fully saturated rings. The molecule has 6 heteroatoms. The summed E-state index contributed by atoms with van der Waals surface area (Å²) >= 11 is 0. The first-order chi connectivity index (χ1) is 13.9. The first-order valence-electron chi connectivity index (χ1n) is 9.22. The molecule has 0 bridgehead atoms. The Labute approximate surface area is 168 Å². The third-order valence-electron chi connectivity index (χ3n) is 5.06. The van der Waals surface area contributed by atoms with Crippen molar-refractivity contribution < 1.29 is 19.5 Å². The number of rotatable bonds is 7. The predicted octanol–water partition coefficient (Wildman–Crippen LogP) is 3.58. The number of aromatic nitrogens is 1. The van der Waals surface area contributed by atoms with Crippen molar-refractivity contribution in [2.75, 3.05) is 5.32 Å². The van der Waals surface area contributed by atoms with Crippen LogP contribution in [0.5, 0.6) is 0 Å². The number of aromatic carboxylic acids is 1. The van der Waals surface area contributed by atoms with E-state index in [4.69, 9.17) is 0 Å². The average molecular weight is 390 g/mol. The van der Waals surface area contributed by atoms with Crippen LogP contribution in [-0.4, -0.2) is 27.8 Å². The van der Waals surface area contributed by atoms with E-state index in [0.29, 0.717) is 24.2 Å². The number of benzene rings is 2. The van der Waals surface area contributed by atoms with Crippen LogP contribution in [0.4, 0.5) is 5.69 Å². The van der Waals surface area contributed by atoms with Crippen molar-refractivity contribution in [3.05, 3.63) is 88.2 Å². The fourth-order valence-electron chi connectivity index (χ4n) is 3.56. The lowest BCUT2D eigenvalue weighted by Gasteiger charge is -2.10. The number of hydrogen-bond donors (Lipinski definition) is 2. The zero-order valence-electron chi connectivity index (χ0n) is 16.3. The number of carbonyl (C=O) groups is 3. The molecule has 0 saturated carbocycles. The number of carbonyl (C=O) groups excluding carboxylic acids is 2. The highest BCUT2D eigenvalue weighted by molar-refractivity contribution is 6.29. The largest absolute Gasteiger partial charge is 0.478 e. The van der Waals surface area contributed by atoms with E-state index in [9.17, 15) is 19.5 Å². The van der Waals surface area contributed by atoms with Gasteiger partial charge >= 0.3 is 5.97 Å². The minimum atomic E-state index is -1.00. The molecule has 1 amide bonds. The number of carboxylic acids is 1. The third-order valence-corrected chi connectivity index (χ3v) is 5.06. The molecule has 2 aromatic carbocycles. The second kappa shape index (κ2) is 8.56. The SMILES string of the molecule is Cc1c(Cc2ccccc2C(=O)O)c(NC(=O)C=O)c(C)n1Cc1ccccc1. The Morgan fingerprint density at radius 3 is 2.31 bits per heavy atom. The molecule has 0 spiro atoms. The quantitative estimate of drug-likeness (QED) is 0.477. The van der Waals surface area contributed by atoms with Crippen molar-refractivity contribution in [2.45, 2.75) is 26.8 Å². The van der Waals surface area contributed by atoms with E-state index in [1.54, 1.807) is 24.3 Å². The molecule has 0 aliphatic rings. The Hall–Kier alpha value is -3.67. The summed E-state index contributed by atoms with van der Waals surface area (Å²) in [5, 5.41) is 12.2. The molecule has 3 rings (SSSR count). The van der Waals surface area contributed by atoms with Crippen LogP contribution in [0, 0.1) is 13.8 Å². The van der Waals surface area contributed by atoms with Gasteiger partial charge in [-0.1, -0.05) is 48.5 Å². The molecule has 0 aliphatic heterocycles. The van der Waals surface area contributed by atoms with E-state index in [-0.39, 0.29) is 11.8 Å². The summed E-state index contributed by atoms with van der Waals surface area (Å²) in [6.45, 7) is 4.41. The molecule has 1 aromatic heterocycles. The fraction of sp³-hybridized carbons (Fsp3) is 0.174. The smallest absolute Gasteiger partial charge is 0.335 e. The number of anilines is 1. The molecule has 2 N–H and O–H groups in total. The van der Waals surface area contributed by atoms with E-state index in [1.165, 1.54) is 0 Å². The summed E-state index contributed by atoms with van der Waals surface area (Å²) in [6.07, 6.45) is 0.559. The van der Waals surface area contributed by atoms with Crippen molar-refractivity contribution in [1.82, 2.24) is 4.57 Å². The van der Waals surface area contributed by atoms with Gasteiger partial charge in [-0.25, -0.2) is 4.79 Å². The lowest BCUT2D eigenvalue weighted by atomic mass is 9.99. The van der Waals surface area contributed by atoms with Gasteiger partial charge in [-0.05, 0) is 31.0 Å². The van der Waals surface area contributed by atoms with Gasteiger partial charge in [0.2, 0.25) is 6.29 Å². The van der Waals surface area contributed by atoms with Gasteiger partial charge in [-0.2, -0.15) is 0 Å². The molecule has 0 aliphatic carbocycles. The Morgan fingerprint density at radius 2 is 1.66 bits per heavy atom. The Bertz CT molecular complexity index is 1070. The number of nitrogens with one attached hydrogen (secondary N) is 1. The Kier molecular flexibility index (Phi) is 5.93. The van der Waals surface area contributed by atoms with Crippen LogP contribution in [0.3, 0.4) is 0 Å². The lowest BCUT2D eigenvalue weighted by Crippen LogP contribution is -2.14. The van der Waals surface area contributed by atoms with E-state index < -0.39 is 11.9 Å². The minimum absolute atomic E-state index is 0.216. The summed E-state index contributed by atoms with van der Waals surface area (Å²) in [4.78, 5) is 34.3. The summed E-state index contributed by atoms with van der Waals surface area (Å²) in [6, 6.07) is 16.7. The molecule has 29 heavy (non-hydrogen) atoms. The first-order valence-corrected chi connectivity index (χ1v) is 9.22. The Morgan fingerprint density at radius 1 is 1.00 bits per heavy atom. The topological polar surface area (TPSA) is 88.4 Å². The molecule has 3 aromatic rings. The van der Waals surface area contributed by atoms with Gasteiger partial charge in [-0.3, -0.25) is 9.59 Å². The van der Waals surface area contributed by atoms with Crippen LogP contribution >= 0.6 is 0 Å². The van der Waals surface area contributed by atoms with Gasteiger partial charge in [0.15, 0.2) is 0 Å². The normalized spacial score (nSPS) is 10.6. The molecule has 0 atom stereocenters. The number of amides is 1. The maximum absolute atomic E-state index is 11.8. The average Bonchev–Trinajstić information content (AvgIpc) is 2.93. The van der Waals surface area contributed by atoms with E-state index in [1.807, 2.05) is 44.2 Å². The highest BCUT2D eigenvalue weighted by atomic mass is 16.4. The van der Waals surface area contributed by atoms with Crippen LogP contribution in [0.15, 0.2) is 54.6 Å². The first kappa shape index (κ1) is 20.1. The molecule has 1 heterocycles. The maximum atomic E-state index is 11.8. The van der Waals surface area contributed by atoms with Crippen molar-refractivity contribution >= 4 is 23.9 Å². The zero-order valence-corrected chi connectivity index (χ0v) is 16.3. The molecular formula is C23H22N2O4. The summed E-state index contributed by atoms with van der Waals surface area (Å²) in [5.74, 6) is -1.74. The molecular weight excluding hydrogens is 368 g/mol. The zero-order chi connectivity index (χ0) is 21.0. The van der Waals surface area contributed by atoms with E-state index >= 15 is 0 Å². The van der Waals surface area contributed by atoms with Crippen LogP contribution in [0.2, 0.25) is 0 Å². The molecule has 0 saturated heterocycles. The number of carboxylic acid groups (broad SMARTS) is 1. The Balaban J connectivity index is 2.09. The lowest BCUT2D eigenvalue weighted by molar-refractivity contribution is -0.127. The molecule has 6 nitrogen and oxygen atoms in total. The summed E-state index contributed by atoms with van der Waals surface area (Å²) in [5.41, 5.74) is 5.02. The van der Waals surface area contributed by atoms with Gasteiger partial charge in [0, 0.05) is 29.9 Å². The summed E-state index contributed by atoms with van der Waals surface area (Å²) in [7, 11) is 0. The van der Waals surface area contributed by atoms with Crippen molar-refractivity contribution in [1.29, 1.82) is 0 Å². The molecule has 148 valence electrons. The van der Waals surface area contributed by atoms with Crippen LogP contribution in [-0.2, 0) is 22.6 Å². The number of aldehydes is 1. The van der Waals surface area contributed by atoms with E-state index in [2.05, 4.69) is 9.88 Å². The van der Waals surface area contributed by atoms with Gasteiger partial charge < -0.3 is 15.0 Å². The van der Waals surface area contributed by atoms with Crippen molar-refractivity contribution in [3.8, 4) is 0 Å². The molecule has 0 radical (unpaired) electrons. The van der Waals surface area contributed by atoms with Gasteiger partial charge in [0.25, 0.3) is 5.91 Å². The highest BCUT2D eigenvalue weighted by Gasteiger charge is 2.21. The van der Waals surface area contributed by atoms with Gasteiger partial charge in [-0.15, -0.1) is 0 Å².